The van der Waals surface area contributed by atoms with Crippen molar-refractivity contribution in [2.75, 3.05) is 0 Å². The molecule has 0 N–H and O–H groups in total. The van der Waals surface area contributed by atoms with Gasteiger partial charge in [-0.15, -0.1) is 0 Å². The van der Waals surface area contributed by atoms with Crippen LogP contribution in [-0.2, 0) is 0 Å². The van der Waals surface area contributed by atoms with Gasteiger partial charge in [-0.2, -0.15) is 0 Å². The molecule has 0 heterocycles. The Morgan fingerprint density at radius 3 is 2.14 bits per heavy atom. The topological polar surface area (TPSA) is 12.4 Å². The lowest BCUT2D eigenvalue weighted by Crippen LogP contribution is -2.21. The highest BCUT2D eigenvalue weighted by atomic mass is 14.7. The van der Waals surface area contributed by atoms with Gasteiger partial charge in [-0.1, -0.05) is 173 Å². The highest BCUT2D eigenvalue weighted by molar-refractivity contribution is 5.55. The van der Waals surface area contributed by atoms with Crippen LogP contribution >= 0.6 is 0 Å². The van der Waals surface area contributed by atoms with Crippen LogP contribution in [0, 0.1) is 28.1 Å². The maximum Gasteiger partial charge on any atom is 0.0416 e. The fraction of sp³-hybridized carbons (Fsp3) is 0.620. The Morgan fingerprint density at radius 1 is 0.961 bits per heavy atom. The molecule has 2 unspecified atom stereocenters. The molecule has 1 fully saturated rings. The molecule has 0 aromatic heterocycles. The van der Waals surface area contributed by atoms with E-state index in [0.717, 1.165) is 25.0 Å². The van der Waals surface area contributed by atoms with Gasteiger partial charge in [-0.05, 0) is 117 Å². The van der Waals surface area contributed by atoms with E-state index in [1.165, 1.54) is 103 Å². The van der Waals surface area contributed by atoms with Crippen LogP contribution in [0.15, 0.2) is 111 Å². The van der Waals surface area contributed by atoms with E-state index in [-0.39, 0.29) is 28.1 Å². The van der Waals surface area contributed by atoms with Gasteiger partial charge in [0.1, 0.15) is 0 Å². The van der Waals surface area contributed by atoms with Gasteiger partial charge in [0.25, 0.3) is 0 Å². The number of nitrogens with zero attached hydrogens (tertiary/aromatic N) is 1. The summed E-state index contributed by atoms with van der Waals surface area (Å²) in [6.45, 7) is 44.0. The van der Waals surface area contributed by atoms with Gasteiger partial charge in [0.2, 0.25) is 0 Å². The van der Waals surface area contributed by atoms with Gasteiger partial charge in [0.15, 0.2) is 0 Å². The van der Waals surface area contributed by atoms with E-state index >= 15 is 0 Å². The fourth-order valence-corrected chi connectivity index (χ4v) is 8.02. The predicted molar refractivity (Wildman–Crippen MR) is 231 cm³/mol. The van der Waals surface area contributed by atoms with Gasteiger partial charge in [0, 0.05) is 23.2 Å². The van der Waals surface area contributed by atoms with Crippen molar-refractivity contribution in [1.29, 1.82) is 0 Å². The lowest BCUT2D eigenvalue weighted by molar-refractivity contribution is 0.407. The van der Waals surface area contributed by atoms with Gasteiger partial charge in [0.05, 0.1) is 0 Å². The van der Waals surface area contributed by atoms with Crippen LogP contribution in [0.2, 0.25) is 0 Å². The van der Waals surface area contributed by atoms with Crippen LogP contribution in [0.5, 0.6) is 0 Å². The number of hydrogen-bond acceptors (Lipinski definition) is 1. The zero-order chi connectivity index (χ0) is 38.6. The molecule has 2 rings (SSSR count). The third-order valence-corrected chi connectivity index (χ3v) is 12.2. The normalized spacial score (nSPS) is 19.4. The molecule has 0 spiro atoms. The molecule has 2 aliphatic carbocycles. The number of allylic oxidation sites excluding steroid dienone is 15. The van der Waals surface area contributed by atoms with Crippen molar-refractivity contribution in [1.82, 2.24) is 0 Å². The van der Waals surface area contributed by atoms with Gasteiger partial charge >= 0.3 is 0 Å². The predicted octanol–water partition coefficient (Wildman–Crippen LogP) is 16.2. The summed E-state index contributed by atoms with van der Waals surface area (Å²) in [5.41, 5.74) is 14.1. The van der Waals surface area contributed by atoms with Crippen molar-refractivity contribution >= 4 is 6.21 Å². The average molecular weight is 694 g/mol. The molecular weight excluding hydrogens is 615 g/mol. The molecule has 0 saturated heterocycles. The molecular formula is C50H79N. The molecule has 1 heteroatoms. The molecule has 2 aliphatic rings. The number of hydrogen-bond donors (Lipinski definition) is 0. The largest absolute Gasteiger partial charge is 0.266 e. The van der Waals surface area contributed by atoms with Crippen molar-refractivity contribution in [3.8, 4) is 0 Å². The van der Waals surface area contributed by atoms with Crippen LogP contribution in [0.4, 0.5) is 0 Å². The Balaban J connectivity index is 2.67. The summed E-state index contributed by atoms with van der Waals surface area (Å²) < 4.78 is 0. The number of unbranched alkanes of at least 4 members (excludes halogenated alkanes) is 4. The molecule has 51 heavy (non-hydrogen) atoms. The Kier molecular flexibility index (Phi) is 17.4. The highest BCUT2D eigenvalue weighted by Gasteiger charge is 2.34. The summed E-state index contributed by atoms with van der Waals surface area (Å²) in [6, 6.07) is 0. The van der Waals surface area contributed by atoms with Crippen molar-refractivity contribution in [3.63, 3.8) is 0 Å². The van der Waals surface area contributed by atoms with Crippen LogP contribution < -0.4 is 0 Å². The molecule has 0 aliphatic heterocycles. The first-order valence-corrected chi connectivity index (χ1v) is 20.5. The fourth-order valence-electron chi connectivity index (χ4n) is 8.02. The summed E-state index contributed by atoms with van der Waals surface area (Å²) in [6.07, 6.45) is 29.5. The van der Waals surface area contributed by atoms with Crippen molar-refractivity contribution in [3.05, 3.63) is 106 Å². The molecule has 1 nitrogen and oxygen atoms in total. The van der Waals surface area contributed by atoms with Crippen LogP contribution in [0.1, 0.15) is 173 Å². The molecule has 0 radical (unpaired) electrons. The molecule has 2 atom stereocenters. The molecule has 0 bridgehead atoms. The third kappa shape index (κ3) is 13.0. The summed E-state index contributed by atoms with van der Waals surface area (Å²) >= 11 is 0. The van der Waals surface area contributed by atoms with E-state index in [9.17, 15) is 0 Å². The molecule has 0 amide bonds. The highest BCUT2D eigenvalue weighted by Crippen LogP contribution is 2.49. The second-order valence-electron chi connectivity index (χ2n) is 18.3. The van der Waals surface area contributed by atoms with Crippen LogP contribution in [0.3, 0.4) is 0 Å². The molecule has 284 valence electrons. The van der Waals surface area contributed by atoms with E-state index in [0.29, 0.717) is 0 Å². The van der Waals surface area contributed by atoms with Crippen LogP contribution in [0.25, 0.3) is 0 Å². The number of aliphatic imine (C=N–C) groups is 1. The van der Waals surface area contributed by atoms with Gasteiger partial charge in [-0.25, -0.2) is 0 Å². The van der Waals surface area contributed by atoms with E-state index in [2.05, 4.69) is 120 Å². The Morgan fingerprint density at radius 2 is 1.59 bits per heavy atom. The SMILES string of the molecule is C=C/C(=C\C(C(=C)C/C=C(\N=CC)C(C)(C)C)C(C)C(=C)/C(CC1=CC=C(CCCCCCC)CC(C)=C1C)=C(\C)C1(C)CCCC1)C(C)(C)C. The quantitative estimate of drug-likeness (QED) is 0.0586. The second kappa shape index (κ2) is 20.0. The summed E-state index contributed by atoms with van der Waals surface area (Å²) in [4.78, 5) is 4.77. The number of rotatable bonds is 18. The summed E-state index contributed by atoms with van der Waals surface area (Å²) in [7, 11) is 0. The Bertz CT molecular complexity index is 1430. The average Bonchev–Trinajstić information content (AvgIpc) is 3.46. The van der Waals surface area contributed by atoms with E-state index < -0.39 is 0 Å². The van der Waals surface area contributed by atoms with Crippen molar-refractivity contribution in [2.24, 2.45) is 33.1 Å². The minimum absolute atomic E-state index is 0.0171. The zero-order valence-corrected chi connectivity index (χ0v) is 35.9. The van der Waals surface area contributed by atoms with E-state index in [4.69, 9.17) is 18.2 Å². The van der Waals surface area contributed by atoms with Gasteiger partial charge in [-0.3, -0.25) is 4.99 Å². The molecule has 0 aromatic rings. The monoisotopic (exact) mass is 694 g/mol. The lowest BCUT2D eigenvalue weighted by atomic mass is 9.71. The van der Waals surface area contributed by atoms with Gasteiger partial charge < -0.3 is 0 Å². The first-order valence-electron chi connectivity index (χ1n) is 20.5. The minimum Gasteiger partial charge on any atom is -0.266 e. The maximum absolute atomic E-state index is 5.00. The van der Waals surface area contributed by atoms with E-state index in [1.807, 2.05) is 13.1 Å². The standard InChI is InChI=1S/C50H79N/c1-17-20-21-22-23-26-42-28-29-43(38(6)37(5)33-42)34-46(41(9)50(16)31-24-25-32-50)40(8)39(7)45(35-44(18-2)48(10,11)12)36(4)27-30-47(51-19-3)49(13,14)15/h18-19,28-30,35,39,45H,2,4,8,17,20-27,31-34H2,1,3,5-7,9-16H3/b44-35+,46-41+,47-30-,51-19?. The smallest absolute Gasteiger partial charge is 0.0416 e. The first kappa shape index (κ1) is 44.5. The Labute approximate surface area is 317 Å². The molecule has 1 saturated carbocycles. The molecule has 0 aromatic carbocycles. The lowest BCUT2D eigenvalue weighted by Gasteiger charge is -2.34. The maximum atomic E-state index is 5.00. The van der Waals surface area contributed by atoms with E-state index in [1.54, 1.807) is 11.1 Å². The summed E-state index contributed by atoms with van der Waals surface area (Å²) in [5, 5.41) is 0. The van der Waals surface area contributed by atoms with Crippen molar-refractivity contribution in [2.45, 2.75) is 173 Å². The Hall–Kier alpha value is -2.67. The zero-order valence-electron chi connectivity index (χ0n) is 35.9. The van der Waals surface area contributed by atoms with Crippen molar-refractivity contribution < 1.29 is 0 Å². The third-order valence-electron chi connectivity index (χ3n) is 12.2. The summed E-state index contributed by atoms with van der Waals surface area (Å²) in [5.74, 6) is 0.296. The minimum atomic E-state index is -0.0337. The first-order chi connectivity index (χ1) is 23.8. The van der Waals surface area contributed by atoms with Crippen LogP contribution in [-0.4, -0.2) is 6.21 Å². The second-order valence-corrected chi connectivity index (χ2v) is 18.3.